The van der Waals surface area contributed by atoms with E-state index in [2.05, 4.69) is 23.3 Å². The van der Waals surface area contributed by atoms with E-state index in [9.17, 15) is 0 Å². The van der Waals surface area contributed by atoms with Gasteiger partial charge in [-0.15, -0.1) is 11.3 Å². The molecule has 0 aromatic carbocycles. The van der Waals surface area contributed by atoms with Crippen LogP contribution in [0.3, 0.4) is 0 Å². The Kier molecular flexibility index (Phi) is 4.38. The Labute approximate surface area is 102 Å². The minimum absolute atomic E-state index is 0.800. The Morgan fingerprint density at radius 3 is 2.75 bits per heavy atom. The Balaban J connectivity index is 1.79. The summed E-state index contributed by atoms with van der Waals surface area (Å²) in [5.74, 6) is 0.895. The summed E-state index contributed by atoms with van der Waals surface area (Å²) in [5, 5.41) is 2.22. The highest BCUT2D eigenvalue weighted by Gasteiger charge is 2.19. The first-order chi connectivity index (χ1) is 7.79. The van der Waals surface area contributed by atoms with Gasteiger partial charge in [0.1, 0.15) is 0 Å². The molecule has 0 amide bonds. The lowest BCUT2D eigenvalue weighted by molar-refractivity contribution is 0.189. The lowest BCUT2D eigenvalue weighted by atomic mass is 9.92. The highest BCUT2D eigenvalue weighted by molar-refractivity contribution is 7.10. The summed E-state index contributed by atoms with van der Waals surface area (Å²) < 4.78 is 0. The summed E-state index contributed by atoms with van der Waals surface area (Å²) in [7, 11) is 0. The molecule has 16 heavy (non-hydrogen) atoms. The maximum absolute atomic E-state index is 5.58. The van der Waals surface area contributed by atoms with Gasteiger partial charge in [-0.25, -0.2) is 0 Å². The fraction of sp³-hybridized carbons (Fsp3) is 0.692. The van der Waals surface area contributed by atoms with Gasteiger partial charge in [0.25, 0.3) is 0 Å². The van der Waals surface area contributed by atoms with Crippen molar-refractivity contribution in [2.24, 2.45) is 11.7 Å². The van der Waals surface area contributed by atoms with Crippen molar-refractivity contribution in [2.75, 3.05) is 26.2 Å². The van der Waals surface area contributed by atoms with E-state index in [1.165, 1.54) is 37.9 Å². The van der Waals surface area contributed by atoms with Gasteiger partial charge in [0.15, 0.2) is 0 Å². The van der Waals surface area contributed by atoms with Crippen LogP contribution < -0.4 is 5.73 Å². The largest absolute Gasteiger partial charge is 0.329 e. The molecule has 1 aliphatic heterocycles. The Morgan fingerprint density at radius 1 is 1.44 bits per heavy atom. The molecule has 1 aromatic heterocycles. The van der Waals surface area contributed by atoms with Crippen molar-refractivity contribution in [1.29, 1.82) is 0 Å². The highest BCUT2D eigenvalue weighted by atomic mass is 32.1. The van der Waals surface area contributed by atoms with Crippen LogP contribution >= 0.6 is 11.3 Å². The second kappa shape index (κ2) is 5.80. The number of aryl methyl sites for hydroxylation is 1. The van der Waals surface area contributed by atoms with Gasteiger partial charge in [0.2, 0.25) is 0 Å². The molecule has 0 saturated carbocycles. The predicted octanol–water partition coefficient (Wildman–Crippen LogP) is 2.27. The van der Waals surface area contributed by atoms with E-state index in [0.717, 1.165) is 19.0 Å². The molecule has 0 spiro atoms. The molecule has 0 radical (unpaired) electrons. The monoisotopic (exact) mass is 238 g/mol. The molecular weight excluding hydrogens is 216 g/mol. The molecule has 90 valence electrons. The van der Waals surface area contributed by atoms with Crippen molar-refractivity contribution in [3.63, 3.8) is 0 Å². The number of piperidine rings is 1. The smallest absolute Gasteiger partial charge is 0.0105 e. The average molecular weight is 238 g/mol. The molecule has 1 saturated heterocycles. The van der Waals surface area contributed by atoms with Gasteiger partial charge < -0.3 is 10.6 Å². The summed E-state index contributed by atoms with van der Waals surface area (Å²) in [4.78, 5) is 4.09. The maximum Gasteiger partial charge on any atom is 0.0105 e. The third kappa shape index (κ3) is 3.06. The first kappa shape index (κ1) is 12.1. The SMILES string of the molecule is Cc1ccsc1CC1CCN(CCN)CC1. The topological polar surface area (TPSA) is 29.3 Å². The zero-order chi connectivity index (χ0) is 11.4. The Bertz CT molecular complexity index is 313. The zero-order valence-corrected chi connectivity index (χ0v) is 10.9. The van der Waals surface area contributed by atoms with E-state index in [1.807, 2.05) is 11.3 Å². The minimum Gasteiger partial charge on any atom is -0.329 e. The number of rotatable bonds is 4. The molecular formula is C13H22N2S. The summed E-state index contributed by atoms with van der Waals surface area (Å²) in [6, 6.07) is 2.24. The standard InChI is InChI=1S/C13H22N2S/c1-11-4-9-16-13(11)10-12-2-6-15(7-3-12)8-5-14/h4,9,12H,2-3,5-8,10,14H2,1H3. The van der Waals surface area contributed by atoms with E-state index in [4.69, 9.17) is 5.73 Å². The van der Waals surface area contributed by atoms with Gasteiger partial charge >= 0.3 is 0 Å². The van der Waals surface area contributed by atoms with E-state index in [-0.39, 0.29) is 0 Å². The van der Waals surface area contributed by atoms with Gasteiger partial charge in [-0.1, -0.05) is 0 Å². The van der Waals surface area contributed by atoms with Crippen LogP contribution in [-0.2, 0) is 6.42 Å². The molecule has 3 heteroatoms. The molecule has 2 heterocycles. The third-order valence-corrected chi connectivity index (χ3v) is 4.64. The lowest BCUT2D eigenvalue weighted by Gasteiger charge is -2.31. The van der Waals surface area contributed by atoms with Gasteiger partial charge in [-0.05, 0) is 62.2 Å². The number of nitrogens with two attached hydrogens (primary N) is 1. The van der Waals surface area contributed by atoms with Crippen LogP contribution in [0.2, 0.25) is 0 Å². The summed E-state index contributed by atoms with van der Waals surface area (Å²) in [5.41, 5.74) is 7.06. The Hall–Kier alpha value is -0.380. The molecule has 2 N–H and O–H groups in total. The van der Waals surface area contributed by atoms with Crippen molar-refractivity contribution in [3.8, 4) is 0 Å². The summed E-state index contributed by atoms with van der Waals surface area (Å²) in [6.07, 6.45) is 3.98. The molecule has 0 unspecified atom stereocenters. The second-order valence-corrected chi connectivity index (χ2v) is 5.81. The van der Waals surface area contributed by atoms with Crippen LogP contribution in [0.15, 0.2) is 11.4 Å². The van der Waals surface area contributed by atoms with Crippen LogP contribution in [0.25, 0.3) is 0 Å². The molecule has 0 atom stereocenters. The van der Waals surface area contributed by atoms with Crippen LogP contribution in [0.4, 0.5) is 0 Å². The number of hydrogen-bond donors (Lipinski definition) is 1. The molecule has 1 aromatic rings. The van der Waals surface area contributed by atoms with Crippen molar-refractivity contribution in [2.45, 2.75) is 26.2 Å². The maximum atomic E-state index is 5.58. The number of likely N-dealkylation sites (tertiary alicyclic amines) is 1. The second-order valence-electron chi connectivity index (χ2n) is 4.80. The first-order valence-electron chi connectivity index (χ1n) is 6.25. The van der Waals surface area contributed by atoms with Gasteiger partial charge in [0.05, 0.1) is 0 Å². The molecule has 2 rings (SSSR count). The van der Waals surface area contributed by atoms with Gasteiger partial charge in [0, 0.05) is 18.0 Å². The number of nitrogens with zero attached hydrogens (tertiary/aromatic N) is 1. The molecule has 1 fully saturated rings. The molecule has 0 bridgehead atoms. The first-order valence-corrected chi connectivity index (χ1v) is 7.13. The van der Waals surface area contributed by atoms with Crippen molar-refractivity contribution >= 4 is 11.3 Å². The molecule has 1 aliphatic rings. The number of thiophene rings is 1. The van der Waals surface area contributed by atoms with Crippen LogP contribution in [0.1, 0.15) is 23.3 Å². The van der Waals surface area contributed by atoms with E-state index in [0.29, 0.717) is 0 Å². The summed E-state index contributed by atoms with van der Waals surface area (Å²) >= 11 is 1.92. The predicted molar refractivity (Wildman–Crippen MR) is 71.0 cm³/mol. The minimum atomic E-state index is 0.800. The lowest BCUT2D eigenvalue weighted by Crippen LogP contribution is -2.37. The van der Waals surface area contributed by atoms with E-state index < -0.39 is 0 Å². The van der Waals surface area contributed by atoms with Crippen LogP contribution in [0, 0.1) is 12.8 Å². The Morgan fingerprint density at radius 2 is 2.19 bits per heavy atom. The van der Waals surface area contributed by atoms with Crippen molar-refractivity contribution < 1.29 is 0 Å². The molecule has 0 aliphatic carbocycles. The van der Waals surface area contributed by atoms with Crippen LogP contribution in [-0.4, -0.2) is 31.1 Å². The van der Waals surface area contributed by atoms with Gasteiger partial charge in [-0.2, -0.15) is 0 Å². The summed E-state index contributed by atoms with van der Waals surface area (Å²) in [6.45, 7) is 6.59. The van der Waals surface area contributed by atoms with E-state index in [1.54, 1.807) is 4.88 Å². The quantitative estimate of drug-likeness (QED) is 0.872. The molecule has 2 nitrogen and oxygen atoms in total. The van der Waals surface area contributed by atoms with E-state index >= 15 is 0 Å². The fourth-order valence-corrected chi connectivity index (χ4v) is 3.49. The number of hydrogen-bond acceptors (Lipinski definition) is 3. The average Bonchev–Trinajstić information content (AvgIpc) is 2.68. The zero-order valence-electron chi connectivity index (χ0n) is 10.1. The highest BCUT2D eigenvalue weighted by Crippen LogP contribution is 2.25. The van der Waals surface area contributed by atoms with Crippen LogP contribution in [0.5, 0.6) is 0 Å². The normalized spacial score (nSPS) is 19.1. The van der Waals surface area contributed by atoms with Crippen molar-refractivity contribution in [1.82, 2.24) is 4.90 Å². The van der Waals surface area contributed by atoms with Gasteiger partial charge in [-0.3, -0.25) is 0 Å². The van der Waals surface area contributed by atoms with Crippen molar-refractivity contribution in [3.05, 3.63) is 21.9 Å². The fourth-order valence-electron chi connectivity index (χ4n) is 2.47. The third-order valence-electron chi connectivity index (χ3n) is 3.59.